The van der Waals surface area contributed by atoms with Gasteiger partial charge in [0.25, 0.3) is 0 Å². The number of carbonyl (C=O) groups is 5. The van der Waals surface area contributed by atoms with Gasteiger partial charge in [-0.05, 0) is 183 Å². The Kier molecular flexibility index (Phi) is 33.3. The quantitative estimate of drug-likeness (QED) is 0.120. The molecule has 4 fully saturated rings. The lowest BCUT2D eigenvalue weighted by Crippen LogP contribution is -2.52. The van der Waals surface area contributed by atoms with Crippen LogP contribution in [0, 0.1) is 13.8 Å². The smallest absolute Gasteiger partial charge is 0.410 e. The highest BCUT2D eigenvalue weighted by molar-refractivity contribution is 7.85. The molecule has 0 spiro atoms. The van der Waals surface area contributed by atoms with Crippen LogP contribution in [0.1, 0.15) is 180 Å². The normalized spacial score (nSPS) is 21.0. The zero-order valence-electron chi connectivity index (χ0n) is 59.6. The van der Waals surface area contributed by atoms with Crippen LogP contribution in [0.3, 0.4) is 0 Å². The van der Waals surface area contributed by atoms with E-state index in [1.54, 1.807) is 27.1 Å². The number of nitrogens with one attached hydrogen (secondary N) is 1. The van der Waals surface area contributed by atoms with Gasteiger partial charge in [0.15, 0.2) is 6.29 Å². The minimum Gasteiger partial charge on any atom is -0.444 e. The van der Waals surface area contributed by atoms with Crippen LogP contribution in [-0.2, 0) is 75.6 Å². The van der Waals surface area contributed by atoms with E-state index in [2.05, 4.69) is 19.1 Å². The van der Waals surface area contributed by atoms with Gasteiger partial charge in [0.2, 0.25) is 0 Å². The van der Waals surface area contributed by atoms with Crippen molar-refractivity contribution in [3.8, 4) is 0 Å². The Hall–Kier alpha value is -5.11. The molecule has 29 heteroatoms. The van der Waals surface area contributed by atoms with Crippen LogP contribution in [-0.4, -0.2) is 219 Å². The molecular weight excluding hydrogens is 1260 g/mol. The molecule has 4 amide bonds. The highest BCUT2D eigenvalue weighted by Crippen LogP contribution is 2.26. The second kappa shape index (κ2) is 36.8. The Morgan fingerprint density at radius 1 is 0.538 bits per heavy atom. The average molecular weight is 1370 g/mol. The van der Waals surface area contributed by atoms with Crippen molar-refractivity contribution >= 4 is 69.8 Å². The first-order valence-electron chi connectivity index (χ1n) is 31.2. The predicted octanol–water partition coefficient (Wildman–Crippen LogP) is 8.53. The largest absolute Gasteiger partial charge is 0.444 e. The molecule has 0 saturated carbocycles. The minimum absolute atomic E-state index is 0.250. The van der Waals surface area contributed by atoms with Crippen molar-refractivity contribution in [2.75, 3.05) is 78.8 Å². The number of hydrogen-bond acceptors (Lipinski definition) is 19. The number of pyridine rings is 2. The third-order valence-corrected chi connectivity index (χ3v) is 16.8. The third-order valence-electron chi connectivity index (χ3n) is 12.7. The molecule has 532 valence electrons. The number of ether oxygens (including phenoxy) is 8. The van der Waals surface area contributed by atoms with Crippen LogP contribution >= 0.6 is 0 Å². The van der Waals surface area contributed by atoms with Crippen LogP contribution in [0.5, 0.6) is 0 Å². The third kappa shape index (κ3) is 33.9. The molecule has 5 N–H and O–H groups in total. The summed E-state index contributed by atoms with van der Waals surface area (Å²) in [7, 11) is -3.82. The Balaban J connectivity index is 0.000000415. The lowest BCUT2D eigenvalue weighted by Gasteiger charge is -2.38. The topological polar surface area (TPSA) is 326 Å². The van der Waals surface area contributed by atoms with Gasteiger partial charge in [-0.2, -0.15) is 4.40 Å². The van der Waals surface area contributed by atoms with Crippen molar-refractivity contribution in [3.63, 3.8) is 0 Å². The van der Waals surface area contributed by atoms with Gasteiger partial charge >= 0.3 is 24.4 Å². The first kappa shape index (κ1) is 84.0. The zero-order chi connectivity index (χ0) is 71.3. The maximum atomic E-state index is 12.8. The number of nitrogens with two attached hydrogens (primary N) is 2. The van der Waals surface area contributed by atoms with Gasteiger partial charge in [-0.1, -0.05) is 12.1 Å². The Morgan fingerprint density at radius 3 is 1.23 bits per heavy atom. The van der Waals surface area contributed by atoms with E-state index in [9.17, 15) is 36.6 Å². The van der Waals surface area contributed by atoms with Crippen molar-refractivity contribution in [1.82, 2.24) is 34.3 Å². The molecule has 2 aromatic heterocycles. The summed E-state index contributed by atoms with van der Waals surface area (Å²) in [6.45, 7) is 47.7. The number of aryl methyl sites for hydroxylation is 2. The van der Waals surface area contributed by atoms with Crippen LogP contribution in [0.25, 0.3) is 0 Å². The number of rotatable bonds is 9. The summed E-state index contributed by atoms with van der Waals surface area (Å²) in [4.78, 5) is 74.0. The molecule has 0 radical (unpaired) electrons. The lowest BCUT2D eigenvalue weighted by atomic mass is 10.1. The van der Waals surface area contributed by atoms with E-state index in [4.69, 9.17) is 48.8 Å². The highest BCUT2D eigenvalue weighted by Gasteiger charge is 2.38. The fourth-order valence-electron chi connectivity index (χ4n) is 7.69. The van der Waals surface area contributed by atoms with Crippen molar-refractivity contribution in [1.29, 1.82) is 0 Å². The Morgan fingerprint density at radius 2 is 0.882 bits per heavy atom. The fraction of sp³-hybridized carbons (Fsp3) is 0.750. The van der Waals surface area contributed by atoms with Crippen molar-refractivity contribution in [3.05, 3.63) is 59.2 Å². The number of aldehydes is 1. The average Bonchev–Trinajstić information content (AvgIpc) is 0.872. The second-order valence-electron chi connectivity index (χ2n) is 29.5. The zero-order valence-corrected chi connectivity index (χ0v) is 62.1. The number of nitrogens with zero attached hydrogens (tertiary/aromatic N) is 7. The molecular formula is C64H112N10O16S3. The van der Waals surface area contributed by atoms with Gasteiger partial charge in [-0.25, -0.2) is 36.5 Å². The summed E-state index contributed by atoms with van der Waals surface area (Å²) >= 11 is 0. The first-order valence-corrected chi connectivity index (χ1v) is 34.7. The number of carbonyl (C=O) groups excluding carboxylic acids is 5. The summed E-state index contributed by atoms with van der Waals surface area (Å²) in [6.07, 6.45) is 2.80. The number of aromatic nitrogens is 2. The van der Waals surface area contributed by atoms with Gasteiger partial charge in [0.05, 0.1) is 124 Å². The highest BCUT2D eigenvalue weighted by atomic mass is 32.2. The van der Waals surface area contributed by atoms with Gasteiger partial charge in [0.1, 0.15) is 45.6 Å². The van der Waals surface area contributed by atoms with Crippen molar-refractivity contribution in [2.24, 2.45) is 15.3 Å². The van der Waals surface area contributed by atoms with Gasteiger partial charge < -0.3 is 68.0 Å². The van der Waals surface area contributed by atoms with Crippen LogP contribution < -0.4 is 15.6 Å². The molecule has 0 bridgehead atoms. The minimum atomic E-state index is -1.32. The Labute approximate surface area is 561 Å². The molecule has 26 nitrogen and oxygen atoms in total. The molecule has 9 unspecified atom stereocenters. The molecule has 4 aliphatic rings. The van der Waals surface area contributed by atoms with E-state index in [-0.39, 0.29) is 53.9 Å². The molecule has 6 heterocycles. The lowest BCUT2D eigenvalue weighted by molar-refractivity contribution is -0.123. The number of amides is 4. The van der Waals surface area contributed by atoms with Crippen molar-refractivity contribution in [2.45, 2.75) is 232 Å². The maximum absolute atomic E-state index is 12.8. The van der Waals surface area contributed by atoms with E-state index in [1.165, 1.54) is 11.1 Å². The van der Waals surface area contributed by atoms with Crippen LogP contribution in [0.2, 0.25) is 0 Å². The van der Waals surface area contributed by atoms with E-state index in [0.717, 1.165) is 22.5 Å². The Bertz CT molecular complexity index is 2770. The van der Waals surface area contributed by atoms with Crippen molar-refractivity contribution < 1.29 is 74.5 Å². The SMILES string of the molecule is CC(C)(C)OC(=O)N1CCOC(C=NS(=O)C(C)(C)C)C1.CC(C)(C)OC(=O)N1CCOC(C=O)C1.CC(C)(C)S(N)=O.Cc1ccc(C(N)C2CN(C(=O)OC(C)(C)C)CCO2)nc1.Cc1ccc(C(NS(=O)C(C)(C)C)C2CN(C(=O)OC(C)(C)C)CCO2)nc1. The summed E-state index contributed by atoms with van der Waals surface area (Å²) in [5, 5.41) is 5.04. The van der Waals surface area contributed by atoms with Crippen LogP contribution in [0.4, 0.5) is 19.2 Å². The maximum Gasteiger partial charge on any atom is 0.410 e. The molecule has 2 aromatic rings. The molecule has 9 atom stereocenters. The molecule has 0 aliphatic carbocycles. The molecule has 6 rings (SSSR count). The number of hydrogen-bond donors (Lipinski definition) is 3. The summed E-state index contributed by atoms with van der Waals surface area (Å²) < 4.78 is 84.8. The summed E-state index contributed by atoms with van der Waals surface area (Å²) in [6, 6.07) is 6.96. The standard InChI is InChI=1S/C20H33N3O4S.C16H25N3O3.C14H26N2O4S.C10H17NO4.C4H11NOS/c1-14-8-9-15(21-12-14)17(22-28(25)20(5,6)7)16-13-23(10-11-26-16)18(24)27-19(2,3)4;1-11-5-6-12(18-9-11)14(17)13-10-19(7-8-21-13)15(20)22-16(2,3)4;1-13(2,3)20-12(17)16-7-8-19-11(10-16)9-15-21(18)14(4,5)6;1-10(2,3)15-9(13)11-4-5-14-8(6-11)7-12;1-4(2,3)7(5)6/h8-9,12,16-17,22H,10-11,13H2,1-7H3;5-6,9,13-14H,7-8,10,17H2,1-4H3;9,11H,7-8,10H2,1-6H3;7-8H,4-6H2,1-3H3;5H2,1-3H3. The predicted molar refractivity (Wildman–Crippen MR) is 363 cm³/mol. The second-order valence-corrected chi connectivity index (χ2v) is 35.3. The van der Waals surface area contributed by atoms with E-state index in [1.807, 2.05) is 184 Å². The van der Waals surface area contributed by atoms with Gasteiger partial charge in [-0.3, -0.25) is 15.1 Å². The molecule has 93 heavy (non-hydrogen) atoms. The first-order chi connectivity index (χ1) is 42.5. The number of morpholine rings is 4. The summed E-state index contributed by atoms with van der Waals surface area (Å²) in [5.74, 6) is 0. The van der Waals surface area contributed by atoms with E-state index >= 15 is 0 Å². The van der Waals surface area contributed by atoms with Crippen LogP contribution in [0.15, 0.2) is 41.1 Å². The fourth-order valence-corrected chi connectivity index (χ4v) is 9.11. The molecule has 4 aliphatic heterocycles. The summed E-state index contributed by atoms with van der Waals surface area (Å²) in [5.41, 5.74) is 7.77. The molecule has 0 aromatic carbocycles. The van der Waals surface area contributed by atoms with Gasteiger partial charge in [0, 0.05) is 44.8 Å². The van der Waals surface area contributed by atoms with Gasteiger partial charge in [-0.15, -0.1) is 0 Å². The monoisotopic (exact) mass is 1370 g/mol. The van der Waals surface area contributed by atoms with E-state index in [0.29, 0.717) is 78.5 Å². The van der Waals surface area contributed by atoms with E-state index < -0.39 is 83.1 Å². The molecule has 4 saturated heterocycles.